The molecule has 2 amide bonds. The summed E-state index contributed by atoms with van der Waals surface area (Å²) in [5, 5.41) is 15.1. The Hall–Kier alpha value is -3.00. The van der Waals surface area contributed by atoms with Gasteiger partial charge in [-0.05, 0) is 98.9 Å². The molecular weight excluding hydrogens is 464 g/mol. The Labute approximate surface area is 211 Å². The first-order chi connectivity index (χ1) is 16.7. The molecule has 0 heterocycles. The number of carbonyl (C=O) groups is 3. The number of hydrogen-bond acceptors (Lipinski definition) is 5. The average Bonchev–Trinajstić information content (AvgIpc) is 3.26. The van der Waals surface area contributed by atoms with Gasteiger partial charge >= 0.3 is 5.97 Å². The SMILES string of the molecule is CSCC[C@H](NC(=O)C1(Oc2ccc(CC(=O)Nc3cc(C)cc(C)c3)cc2)CCCC1)C(=O)O. The first-order valence-corrected chi connectivity index (χ1v) is 13.3. The quantitative estimate of drug-likeness (QED) is 0.421. The molecule has 0 radical (unpaired) electrons. The van der Waals surface area contributed by atoms with Crippen LogP contribution in [0.2, 0.25) is 0 Å². The van der Waals surface area contributed by atoms with Crippen molar-refractivity contribution in [2.24, 2.45) is 0 Å². The van der Waals surface area contributed by atoms with Crippen LogP contribution in [0.5, 0.6) is 5.75 Å². The fourth-order valence-electron chi connectivity index (χ4n) is 4.44. The van der Waals surface area contributed by atoms with Crippen LogP contribution in [0.3, 0.4) is 0 Å². The van der Waals surface area contributed by atoms with Crippen LogP contribution in [0, 0.1) is 13.8 Å². The molecule has 0 aliphatic heterocycles. The molecule has 1 aliphatic carbocycles. The number of rotatable bonds is 11. The normalized spacial score (nSPS) is 15.3. The predicted molar refractivity (Wildman–Crippen MR) is 139 cm³/mol. The highest BCUT2D eigenvalue weighted by atomic mass is 32.2. The second-order valence-electron chi connectivity index (χ2n) is 9.19. The predicted octanol–water partition coefficient (Wildman–Crippen LogP) is 4.50. The molecule has 188 valence electrons. The third-order valence-corrected chi connectivity index (χ3v) is 6.79. The van der Waals surface area contributed by atoms with Gasteiger partial charge in [-0.15, -0.1) is 0 Å². The lowest BCUT2D eigenvalue weighted by Gasteiger charge is -2.30. The fourth-order valence-corrected chi connectivity index (χ4v) is 4.91. The summed E-state index contributed by atoms with van der Waals surface area (Å²) in [6.45, 7) is 3.98. The fraction of sp³-hybridized carbons (Fsp3) is 0.444. The minimum absolute atomic E-state index is 0.111. The Morgan fingerprint density at radius 3 is 2.26 bits per heavy atom. The van der Waals surface area contributed by atoms with Crippen LogP contribution in [0.4, 0.5) is 5.69 Å². The van der Waals surface area contributed by atoms with Crippen molar-refractivity contribution in [3.63, 3.8) is 0 Å². The molecular formula is C27H34N2O5S. The van der Waals surface area contributed by atoms with Crippen molar-refractivity contribution >= 4 is 35.2 Å². The van der Waals surface area contributed by atoms with Gasteiger partial charge in [0, 0.05) is 5.69 Å². The molecule has 0 bridgehead atoms. The molecule has 0 saturated heterocycles. The first-order valence-electron chi connectivity index (χ1n) is 11.9. The van der Waals surface area contributed by atoms with Crippen molar-refractivity contribution < 1.29 is 24.2 Å². The molecule has 7 nitrogen and oxygen atoms in total. The number of aryl methyl sites for hydroxylation is 2. The molecule has 3 N–H and O–H groups in total. The van der Waals surface area contributed by atoms with Crippen molar-refractivity contribution in [2.45, 2.75) is 64.0 Å². The second-order valence-corrected chi connectivity index (χ2v) is 10.2. The Bertz CT molecular complexity index is 1030. The number of carboxylic acids is 1. The molecule has 1 aliphatic rings. The standard InChI is InChI=1S/C27H34N2O5S/c1-18-14-19(2)16-21(15-18)28-24(30)17-20-6-8-22(9-7-20)34-27(11-4-5-12-27)26(33)29-23(25(31)32)10-13-35-3/h6-9,14-16,23H,4-5,10-13,17H2,1-3H3,(H,28,30)(H,29,33)(H,31,32)/t23-/m0/s1. The number of nitrogens with one attached hydrogen (secondary N) is 2. The summed E-state index contributed by atoms with van der Waals surface area (Å²) in [4.78, 5) is 37.2. The van der Waals surface area contributed by atoms with Crippen LogP contribution in [0.25, 0.3) is 0 Å². The molecule has 8 heteroatoms. The zero-order valence-corrected chi connectivity index (χ0v) is 21.4. The molecule has 3 rings (SSSR count). The van der Waals surface area contributed by atoms with E-state index in [0.717, 1.165) is 35.2 Å². The Morgan fingerprint density at radius 2 is 1.69 bits per heavy atom. The number of benzene rings is 2. The van der Waals surface area contributed by atoms with Crippen LogP contribution >= 0.6 is 11.8 Å². The number of carboxylic acid groups (broad SMARTS) is 1. The van der Waals surface area contributed by atoms with Crippen molar-refractivity contribution in [3.05, 3.63) is 59.2 Å². The summed E-state index contributed by atoms with van der Waals surface area (Å²) in [6, 6.07) is 12.1. The maximum Gasteiger partial charge on any atom is 0.326 e. The van der Waals surface area contributed by atoms with Gasteiger partial charge in [0.1, 0.15) is 11.8 Å². The molecule has 1 fully saturated rings. The maximum absolute atomic E-state index is 13.1. The summed E-state index contributed by atoms with van der Waals surface area (Å²) in [5.74, 6) is -0.356. The lowest BCUT2D eigenvalue weighted by Crippen LogP contribution is -2.54. The molecule has 1 atom stereocenters. The average molecular weight is 499 g/mol. The summed E-state index contributed by atoms with van der Waals surface area (Å²) >= 11 is 1.54. The van der Waals surface area contributed by atoms with Gasteiger partial charge in [0.25, 0.3) is 5.91 Å². The van der Waals surface area contributed by atoms with Gasteiger partial charge in [-0.25, -0.2) is 4.79 Å². The molecule has 1 saturated carbocycles. The van der Waals surface area contributed by atoms with Gasteiger partial charge < -0.3 is 20.5 Å². The molecule has 0 unspecified atom stereocenters. The first kappa shape index (κ1) is 26.6. The van der Waals surface area contributed by atoms with E-state index in [1.54, 1.807) is 23.9 Å². The van der Waals surface area contributed by atoms with Crippen molar-refractivity contribution in [1.29, 1.82) is 0 Å². The Kier molecular flexibility index (Phi) is 9.20. The lowest BCUT2D eigenvalue weighted by atomic mass is 9.99. The smallest absolute Gasteiger partial charge is 0.326 e. The molecule has 0 aromatic heterocycles. The molecule has 0 spiro atoms. The van der Waals surface area contributed by atoms with Gasteiger partial charge in [-0.3, -0.25) is 9.59 Å². The van der Waals surface area contributed by atoms with Crippen LogP contribution in [0.15, 0.2) is 42.5 Å². The number of aliphatic carboxylic acids is 1. The summed E-state index contributed by atoms with van der Waals surface area (Å²) in [7, 11) is 0. The van der Waals surface area contributed by atoms with Gasteiger partial charge in [-0.1, -0.05) is 18.2 Å². The van der Waals surface area contributed by atoms with E-state index < -0.39 is 17.6 Å². The lowest BCUT2D eigenvalue weighted by molar-refractivity contribution is -0.146. The minimum Gasteiger partial charge on any atom is -0.480 e. The summed E-state index contributed by atoms with van der Waals surface area (Å²) < 4.78 is 6.18. The second kappa shape index (κ2) is 12.1. The zero-order valence-electron chi connectivity index (χ0n) is 20.6. The number of ether oxygens (including phenoxy) is 1. The monoisotopic (exact) mass is 498 g/mol. The Morgan fingerprint density at radius 1 is 1.06 bits per heavy atom. The van der Waals surface area contributed by atoms with Crippen molar-refractivity contribution in [3.8, 4) is 5.75 Å². The number of amides is 2. The summed E-state index contributed by atoms with van der Waals surface area (Å²) in [6.07, 6.45) is 5.23. The highest BCUT2D eigenvalue weighted by Crippen LogP contribution is 2.35. The van der Waals surface area contributed by atoms with E-state index in [4.69, 9.17) is 4.74 Å². The van der Waals surface area contributed by atoms with Gasteiger partial charge in [0.2, 0.25) is 5.91 Å². The topological polar surface area (TPSA) is 105 Å². The van der Waals surface area contributed by atoms with Gasteiger partial charge in [-0.2, -0.15) is 11.8 Å². The van der Waals surface area contributed by atoms with Gasteiger partial charge in [0.15, 0.2) is 5.60 Å². The number of thioether (sulfide) groups is 1. The Balaban J connectivity index is 1.63. The number of hydrogen-bond donors (Lipinski definition) is 3. The minimum atomic E-state index is -1.07. The van der Waals surface area contributed by atoms with E-state index in [0.29, 0.717) is 30.8 Å². The zero-order chi connectivity index (χ0) is 25.4. The molecule has 35 heavy (non-hydrogen) atoms. The van der Waals surface area contributed by atoms with E-state index in [-0.39, 0.29) is 18.2 Å². The van der Waals surface area contributed by atoms with Crippen molar-refractivity contribution in [1.82, 2.24) is 5.32 Å². The third kappa shape index (κ3) is 7.49. The van der Waals surface area contributed by atoms with E-state index >= 15 is 0 Å². The molecule has 2 aromatic carbocycles. The number of anilines is 1. The highest BCUT2D eigenvalue weighted by molar-refractivity contribution is 7.98. The van der Waals surface area contributed by atoms with Crippen LogP contribution in [-0.4, -0.2) is 46.5 Å². The highest BCUT2D eigenvalue weighted by Gasteiger charge is 2.44. The largest absolute Gasteiger partial charge is 0.480 e. The van der Waals surface area contributed by atoms with Gasteiger partial charge in [0.05, 0.1) is 6.42 Å². The van der Waals surface area contributed by atoms with E-state index in [2.05, 4.69) is 16.7 Å². The van der Waals surface area contributed by atoms with E-state index in [1.807, 2.05) is 44.4 Å². The number of carbonyl (C=O) groups excluding carboxylic acids is 2. The maximum atomic E-state index is 13.1. The van der Waals surface area contributed by atoms with E-state index in [9.17, 15) is 19.5 Å². The third-order valence-electron chi connectivity index (χ3n) is 6.15. The van der Waals surface area contributed by atoms with Crippen LogP contribution in [0.1, 0.15) is 48.8 Å². The van der Waals surface area contributed by atoms with E-state index in [1.165, 1.54) is 0 Å². The van der Waals surface area contributed by atoms with Crippen LogP contribution in [-0.2, 0) is 20.8 Å². The van der Waals surface area contributed by atoms with Crippen LogP contribution < -0.4 is 15.4 Å². The molecule has 2 aromatic rings. The van der Waals surface area contributed by atoms with Crippen molar-refractivity contribution in [2.75, 3.05) is 17.3 Å². The summed E-state index contributed by atoms with van der Waals surface area (Å²) in [5.41, 5.74) is 2.71.